The molecule has 3 nitrogen and oxygen atoms in total. The molecule has 2 N–H and O–H groups in total. The number of nitrogens with zero attached hydrogens (tertiary/aromatic N) is 2. The molecule has 1 aromatic rings. The molecule has 0 amide bonds. The van der Waals surface area contributed by atoms with Gasteiger partial charge < -0.3 is 15.5 Å². The molecule has 4 heteroatoms. The monoisotopic (exact) mass is 353 g/mol. The molecule has 0 radical (unpaired) electrons. The van der Waals surface area contributed by atoms with E-state index in [1.807, 2.05) is 0 Å². The smallest absolute Gasteiger partial charge is 0.0378 e. The van der Waals surface area contributed by atoms with E-state index in [4.69, 9.17) is 5.73 Å². The van der Waals surface area contributed by atoms with Crippen molar-refractivity contribution >= 4 is 21.6 Å². The molecule has 21 heavy (non-hydrogen) atoms. The Labute approximate surface area is 137 Å². The maximum absolute atomic E-state index is 6.07. The Morgan fingerprint density at radius 3 is 2.62 bits per heavy atom. The number of hydrogen-bond acceptors (Lipinski definition) is 3. The van der Waals surface area contributed by atoms with Crippen LogP contribution in [0.3, 0.4) is 0 Å². The second-order valence-corrected chi connectivity index (χ2v) is 7.42. The zero-order valence-electron chi connectivity index (χ0n) is 13.6. The summed E-state index contributed by atoms with van der Waals surface area (Å²) in [5.41, 5.74) is 8.69. The van der Waals surface area contributed by atoms with Gasteiger partial charge in [0.15, 0.2) is 0 Å². The fraction of sp³-hybridized carbons (Fsp3) is 0.647. The topological polar surface area (TPSA) is 32.5 Å². The number of nitrogens with two attached hydrogens (primary N) is 1. The Morgan fingerprint density at radius 1 is 1.38 bits per heavy atom. The van der Waals surface area contributed by atoms with Gasteiger partial charge in [0.2, 0.25) is 0 Å². The summed E-state index contributed by atoms with van der Waals surface area (Å²) in [6.07, 6.45) is 1.95. The fourth-order valence-corrected chi connectivity index (χ4v) is 3.69. The predicted octanol–water partition coefficient (Wildman–Crippen LogP) is 3.12. The number of halogens is 1. The van der Waals surface area contributed by atoms with E-state index in [2.05, 4.69) is 71.9 Å². The van der Waals surface area contributed by atoms with E-state index in [0.29, 0.717) is 12.0 Å². The summed E-state index contributed by atoms with van der Waals surface area (Å²) in [6, 6.07) is 7.60. The standard InChI is InChI=1S/C17H28BrN3/c1-5-14(19)8-13-6-7-15(9-16(13)18)21-10-12(2)17(11-21)20(3)4/h6-7,9,12,14,17H,5,8,10-11,19H2,1-4H3. The predicted molar refractivity (Wildman–Crippen MR) is 95.0 cm³/mol. The molecule has 3 unspecified atom stereocenters. The molecule has 0 aliphatic carbocycles. The normalized spacial score (nSPS) is 23.9. The van der Waals surface area contributed by atoms with Gasteiger partial charge in [-0.1, -0.05) is 35.8 Å². The SMILES string of the molecule is CCC(N)Cc1ccc(N2CC(C)C(N(C)C)C2)cc1Br. The molecular weight excluding hydrogens is 326 g/mol. The highest BCUT2D eigenvalue weighted by atomic mass is 79.9. The Hall–Kier alpha value is -0.580. The summed E-state index contributed by atoms with van der Waals surface area (Å²) in [4.78, 5) is 4.83. The van der Waals surface area contributed by atoms with Gasteiger partial charge in [-0.25, -0.2) is 0 Å². The molecule has 0 bridgehead atoms. The lowest BCUT2D eigenvalue weighted by Gasteiger charge is -2.23. The first-order valence-electron chi connectivity index (χ1n) is 7.87. The lowest BCUT2D eigenvalue weighted by atomic mass is 10.0. The van der Waals surface area contributed by atoms with Crippen LogP contribution in [-0.2, 0) is 6.42 Å². The molecule has 3 atom stereocenters. The fourth-order valence-electron chi connectivity index (χ4n) is 3.16. The number of likely N-dealkylation sites (N-methyl/N-ethyl adjacent to an activating group) is 1. The summed E-state index contributed by atoms with van der Waals surface area (Å²) >= 11 is 3.72. The van der Waals surface area contributed by atoms with Gasteiger partial charge in [0.1, 0.15) is 0 Å². The first-order valence-corrected chi connectivity index (χ1v) is 8.67. The number of hydrogen-bond donors (Lipinski definition) is 1. The largest absolute Gasteiger partial charge is 0.370 e. The van der Waals surface area contributed by atoms with E-state index in [-0.39, 0.29) is 6.04 Å². The minimum Gasteiger partial charge on any atom is -0.370 e. The first-order chi connectivity index (χ1) is 9.92. The van der Waals surface area contributed by atoms with E-state index in [0.717, 1.165) is 25.9 Å². The third kappa shape index (κ3) is 3.99. The van der Waals surface area contributed by atoms with Crippen molar-refractivity contribution in [2.75, 3.05) is 32.1 Å². The van der Waals surface area contributed by atoms with Gasteiger partial charge in [0, 0.05) is 35.3 Å². The van der Waals surface area contributed by atoms with Crippen molar-refractivity contribution in [3.05, 3.63) is 28.2 Å². The van der Waals surface area contributed by atoms with Crippen LogP contribution in [0.15, 0.2) is 22.7 Å². The van der Waals surface area contributed by atoms with Crippen LogP contribution in [0.25, 0.3) is 0 Å². The summed E-state index contributed by atoms with van der Waals surface area (Å²) in [6.45, 7) is 6.71. The maximum Gasteiger partial charge on any atom is 0.0378 e. The molecule has 1 fully saturated rings. The molecule has 1 aliphatic rings. The van der Waals surface area contributed by atoms with Crippen molar-refractivity contribution < 1.29 is 0 Å². The number of rotatable bonds is 5. The molecule has 0 aromatic heterocycles. The summed E-state index contributed by atoms with van der Waals surface area (Å²) in [5, 5.41) is 0. The van der Waals surface area contributed by atoms with E-state index in [1.165, 1.54) is 15.7 Å². The Kier molecular flexibility index (Phi) is 5.69. The van der Waals surface area contributed by atoms with E-state index < -0.39 is 0 Å². The van der Waals surface area contributed by atoms with Crippen LogP contribution in [0.2, 0.25) is 0 Å². The summed E-state index contributed by atoms with van der Waals surface area (Å²) in [5.74, 6) is 0.701. The maximum atomic E-state index is 6.07. The first kappa shape index (κ1) is 16.8. The second kappa shape index (κ2) is 7.12. The van der Waals surface area contributed by atoms with E-state index >= 15 is 0 Å². The molecule has 1 heterocycles. The van der Waals surface area contributed by atoms with Gasteiger partial charge in [-0.3, -0.25) is 0 Å². The Bertz CT molecular complexity index is 475. The van der Waals surface area contributed by atoms with Gasteiger partial charge in [0.05, 0.1) is 0 Å². The third-order valence-corrected chi connectivity index (χ3v) is 5.38. The average Bonchev–Trinajstić information content (AvgIpc) is 2.83. The van der Waals surface area contributed by atoms with Gasteiger partial charge in [-0.2, -0.15) is 0 Å². The Balaban J connectivity index is 2.10. The third-order valence-electron chi connectivity index (χ3n) is 4.64. The highest BCUT2D eigenvalue weighted by molar-refractivity contribution is 9.10. The van der Waals surface area contributed by atoms with Crippen molar-refractivity contribution in [1.82, 2.24) is 4.90 Å². The van der Waals surface area contributed by atoms with Crippen LogP contribution in [0.1, 0.15) is 25.8 Å². The summed E-state index contributed by atoms with van der Waals surface area (Å²) in [7, 11) is 4.35. The van der Waals surface area contributed by atoms with E-state index in [9.17, 15) is 0 Å². The lowest BCUT2D eigenvalue weighted by molar-refractivity contribution is 0.266. The van der Waals surface area contributed by atoms with Crippen LogP contribution < -0.4 is 10.6 Å². The zero-order valence-corrected chi connectivity index (χ0v) is 15.2. The van der Waals surface area contributed by atoms with Crippen LogP contribution in [0.4, 0.5) is 5.69 Å². The van der Waals surface area contributed by atoms with Crippen molar-refractivity contribution in [2.24, 2.45) is 11.7 Å². The van der Waals surface area contributed by atoms with Crippen LogP contribution in [0, 0.1) is 5.92 Å². The number of anilines is 1. The molecule has 118 valence electrons. The summed E-state index contributed by atoms with van der Waals surface area (Å²) < 4.78 is 1.19. The Morgan fingerprint density at radius 2 is 2.10 bits per heavy atom. The molecule has 0 spiro atoms. The minimum atomic E-state index is 0.247. The molecule has 0 saturated carbocycles. The van der Waals surface area contributed by atoms with Gasteiger partial charge in [0.25, 0.3) is 0 Å². The zero-order chi connectivity index (χ0) is 15.6. The quantitative estimate of drug-likeness (QED) is 0.882. The lowest BCUT2D eigenvalue weighted by Crippen LogP contribution is -2.34. The molecule has 1 aliphatic heterocycles. The minimum absolute atomic E-state index is 0.247. The number of benzene rings is 1. The van der Waals surface area contributed by atoms with Crippen molar-refractivity contribution in [3.8, 4) is 0 Å². The van der Waals surface area contributed by atoms with Gasteiger partial charge >= 0.3 is 0 Å². The molecule has 1 saturated heterocycles. The molecule has 1 aromatic carbocycles. The van der Waals surface area contributed by atoms with Crippen LogP contribution in [0.5, 0.6) is 0 Å². The van der Waals surface area contributed by atoms with E-state index in [1.54, 1.807) is 0 Å². The highest BCUT2D eigenvalue weighted by Crippen LogP contribution is 2.30. The average molecular weight is 354 g/mol. The van der Waals surface area contributed by atoms with Crippen LogP contribution in [-0.4, -0.2) is 44.2 Å². The van der Waals surface area contributed by atoms with Crippen molar-refractivity contribution in [2.45, 2.75) is 38.8 Å². The van der Waals surface area contributed by atoms with Gasteiger partial charge in [-0.05, 0) is 50.6 Å². The van der Waals surface area contributed by atoms with Gasteiger partial charge in [-0.15, -0.1) is 0 Å². The highest BCUT2D eigenvalue weighted by Gasteiger charge is 2.31. The molecule has 2 rings (SSSR count). The second-order valence-electron chi connectivity index (χ2n) is 6.56. The van der Waals surface area contributed by atoms with Crippen molar-refractivity contribution in [3.63, 3.8) is 0 Å². The van der Waals surface area contributed by atoms with Crippen LogP contribution >= 0.6 is 15.9 Å². The molecular formula is C17H28BrN3. The van der Waals surface area contributed by atoms with Crippen molar-refractivity contribution in [1.29, 1.82) is 0 Å².